The number of hydrogen-bond acceptors (Lipinski definition) is 16. The molecule has 0 aliphatic carbocycles. The summed E-state index contributed by atoms with van der Waals surface area (Å²) in [5, 5.41) is 15.0. The standard InChI is InChI=1S/C52H63N8O10P/c1-35(2)60(36(3)4)71(68-28-14-27-53)70-46-29-48(59-51-49(50(54-33-55-51)56-34-58(7)8)45(57-59)26-17-39(30-65-37(5)61)31-66-38(6)62)69-47(46)32-67-52(40-15-12-11-13-16-40,41-18-22-43(63-9)23-19-41)42-20-24-44(64-10)25-21-42/h11-13,15-16,18-25,33-36,39,46-48H,14,28-32H2,1-10H3/b56-34+. The summed E-state index contributed by atoms with van der Waals surface area (Å²) in [4.78, 5) is 39.3. The van der Waals surface area contributed by atoms with E-state index in [1.807, 2.05) is 93.0 Å². The van der Waals surface area contributed by atoms with Crippen LogP contribution in [0.25, 0.3) is 11.0 Å². The number of benzene rings is 3. The summed E-state index contributed by atoms with van der Waals surface area (Å²) in [6, 6.07) is 27.8. The lowest BCUT2D eigenvalue weighted by Crippen LogP contribution is -2.39. The third-order valence-corrected chi connectivity index (χ3v) is 13.4. The summed E-state index contributed by atoms with van der Waals surface area (Å²) in [5.74, 6) is 6.20. The van der Waals surface area contributed by atoms with Crippen LogP contribution in [0.2, 0.25) is 0 Å². The summed E-state index contributed by atoms with van der Waals surface area (Å²) in [5.41, 5.74) is 1.98. The number of nitriles is 1. The molecular weight excluding hydrogens is 928 g/mol. The lowest BCUT2D eigenvalue weighted by atomic mass is 9.80. The number of hydrogen-bond donors (Lipinski definition) is 0. The van der Waals surface area contributed by atoms with Gasteiger partial charge in [-0.05, 0) is 74.6 Å². The van der Waals surface area contributed by atoms with Crippen molar-refractivity contribution in [2.24, 2.45) is 10.9 Å². The van der Waals surface area contributed by atoms with Gasteiger partial charge in [-0.3, -0.25) is 9.59 Å². The minimum atomic E-state index is -1.75. The van der Waals surface area contributed by atoms with Crippen LogP contribution in [-0.2, 0) is 43.2 Å². The van der Waals surface area contributed by atoms with Crippen molar-refractivity contribution in [3.8, 4) is 29.4 Å². The van der Waals surface area contributed by atoms with Crippen LogP contribution in [0.1, 0.15) is 83.0 Å². The Morgan fingerprint density at radius 3 is 2.03 bits per heavy atom. The zero-order valence-electron chi connectivity index (χ0n) is 42.0. The largest absolute Gasteiger partial charge is 0.497 e. The van der Waals surface area contributed by atoms with E-state index in [1.54, 1.807) is 30.1 Å². The van der Waals surface area contributed by atoms with Crippen LogP contribution in [0.4, 0.5) is 5.82 Å². The van der Waals surface area contributed by atoms with Gasteiger partial charge in [-0.1, -0.05) is 60.5 Å². The number of ether oxygens (including phenoxy) is 6. The topological polar surface area (TPSA) is 194 Å². The molecule has 0 saturated carbocycles. The molecule has 71 heavy (non-hydrogen) atoms. The molecule has 2 aromatic heterocycles. The number of aliphatic imine (C=N–C) groups is 1. The van der Waals surface area contributed by atoms with E-state index in [4.69, 9.17) is 47.6 Å². The van der Waals surface area contributed by atoms with Crippen LogP contribution in [0.5, 0.6) is 11.5 Å². The molecule has 19 heteroatoms. The maximum Gasteiger partial charge on any atom is 0.302 e. The Bertz CT molecular complexity index is 2590. The first kappa shape index (κ1) is 53.8. The average molecular weight is 991 g/mol. The Labute approximate surface area is 417 Å². The quantitative estimate of drug-likeness (QED) is 0.0116. The van der Waals surface area contributed by atoms with E-state index in [1.165, 1.54) is 20.2 Å². The van der Waals surface area contributed by atoms with Gasteiger partial charge in [0.15, 0.2) is 17.7 Å². The SMILES string of the molecule is COc1ccc(C(OCC2OC(n3nc(C#CC(COC(C)=O)COC(C)=O)c4c(/N=C/N(C)C)ncnc43)CC2OP(OCCC#N)N(C(C)C)C(C)C)(c2ccccc2)c2ccc(OC)cc2)cc1. The molecular formula is C52H63N8O10P. The number of rotatable bonds is 23. The predicted octanol–water partition coefficient (Wildman–Crippen LogP) is 8.12. The van der Waals surface area contributed by atoms with Gasteiger partial charge in [0, 0.05) is 46.4 Å². The summed E-state index contributed by atoms with van der Waals surface area (Å²) in [6.45, 7) is 10.8. The molecule has 5 aromatic rings. The van der Waals surface area contributed by atoms with Crippen LogP contribution in [-0.4, -0.2) is 127 Å². The first-order valence-corrected chi connectivity index (χ1v) is 24.4. The molecule has 0 amide bonds. The fourth-order valence-electron chi connectivity index (χ4n) is 8.05. The minimum Gasteiger partial charge on any atom is -0.497 e. The molecule has 0 bridgehead atoms. The van der Waals surface area contributed by atoms with Gasteiger partial charge in [0.1, 0.15) is 48.4 Å². The molecule has 376 valence electrons. The monoisotopic (exact) mass is 990 g/mol. The highest BCUT2D eigenvalue weighted by Gasteiger charge is 2.46. The summed E-state index contributed by atoms with van der Waals surface area (Å²) >= 11 is 0. The van der Waals surface area contributed by atoms with E-state index < -0.39 is 50.4 Å². The van der Waals surface area contributed by atoms with Crippen LogP contribution < -0.4 is 9.47 Å². The average Bonchev–Trinajstić information content (AvgIpc) is 3.94. The Hall–Kier alpha value is -6.50. The molecule has 4 unspecified atom stereocenters. The third kappa shape index (κ3) is 13.7. The zero-order chi connectivity index (χ0) is 51.1. The van der Waals surface area contributed by atoms with Gasteiger partial charge in [-0.2, -0.15) is 10.4 Å². The molecule has 0 N–H and O–H groups in total. The maximum absolute atomic E-state index is 11.8. The highest BCUT2D eigenvalue weighted by atomic mass is 31.2. The fourth-order valence-corrected chi connectivity index (χ4v) is 9.81. The van der Waals surface area contributed by atoms with E-state index in [9.17, 15) is 14.9 Å². The first-order chi connectivity index (χ1) is 34.2. The number of aromatic nitrogens is 4. The van der Waals surface area contributed by atoms with Crippen molar-refractivity contribution in [2.45, 2.75) is 90.5 Å². The third-order valence-electron chi connectivity index (χ3n) is 11.2. The van der Waals surface area contributed by atoms with Gasteiger partial charge in [-0.15, -0.1) is 0 Å². The van der Waals surface area contributed by atoms with Crippen molar-refractivity contribution in [3.05, 3.63) is 108 Å². The Kier molecular flexibility index (Phi) is 19.4. The van der Waals surface area contributed by atoms with Crippen molar-refractivity contribution < 1.29 is 47.1 Å². The summed E-state index contributed by atoms with van der Waals surface area (Å²) < 4.78 is 53.7. The Balaban J connectivity index is 1.51. The highest BCUT2D eigenvalue weighted by molar-refractivity contribution is 7.44. The second kappa shape index (κ2) is 25.6. The molecule has 1 aliphatic heterocycles. The molecule has 0 radical (unpaired) electrons. The fraction of sp³-hybridized carbons (Fsp3) is 0.442. The number of carbonyl (C=O) groups is 2. The van der Waals surface area contributed by atoms with E-state index in [2.05, 4.69) is 60.3 Å². The van der Waals surface area contributed by atoms with Gasteiger partial charge < -0.3 is 42.4 Å². The van der Waals surface area contributed by atoms with Crippen molar-refractivity contribution in [2.75, 3.05) is 54.7 Å². The number of esters is 2. The van der Waals surface area contributed by atoms with Gasteiger partial charge in [0.2, 0.25) is 0 Å². The van der Waals surface area contributed by atoms with Crippen molar-refractivity contribution in [1.82, 2.24) is 29.3 Å². The number of nitrogens with zero attached hydrogens (tertiary/aromatic N) is 8. The second-order valence-corrected chi connectivity index (χ2v) is 18.7. The van der Waals surface area contributed by atoms with Crippen LogP contribution >= 0.6 is 8.53 Å². The number of fused-ring (bicyclic) bond motifs is 1. The van der Waals surface area contributed by atoms with Gasteiger partial charge >= 0.3 is 11.9 Å². The number of methoxy groups -OCH3 is 2. The van der Waals surface area contributed by atoms with Crippen LogP contribution in [0, 0.1) is 29.1 Å². The molecule has 6 rings (SSSR count). The molecule has 1 saturated heterocycles. The van der Waals surface area contributed by atoms with Gasteiger partial charge in [0.05, 0.1) is 63.7 Å². The van der Waals surface area contributed by atoms with Crippen LogP contribution in [0.15, 0.2) is 90.2 Å². The van der Waals surface area contributed by atoms with E-state index in [0.29, 0.717) is 28.4 Å². The predicted molar refractivity (Wildman–Crippen MR) is 268 cm³/mol. The van der Waals surface area contributed by atoms with E-state index in [0.717, 1.165) is 16.7 Å². The molecule has 0 spiro atoms. The van der Waals surface area contributed by atoms with Crippen molar-refractivity contribution in [1.29, 1.82) is 5.26 Å². The maximum atomic E-state index is 11.8. The molecule has 4 atom stereocenters. The van der Waals surface area contributed by atoms with Gasteiger partial charge in [0.25, 0.3) is 8.53 Å². The number of carbonyl (C=O) groups excluding carboxylic acids is 2. The van der Waals surface area contributed by atoms with Gasteiger partial charge in [-0.25, -0.2) is 24.3 Å². The smallest absolute Gasteiger partial charge is 0.302 e. The summed E-state index contributed by atoms with van der Waals surface area (Å²) in [6.07, 6.45) is 1.23. The lowest BCUT2D eigenvalue weighted by Gasteiger charge is -2.39. The van der Waals surface area contributed by atoms with Crippen molar-refractivity contribution in [3.63, 3.8) is 0 Å². The Morgan fingerprint density at radius 2 is 1.49 bits per heavy atom. The first-order valence-electron chi connectivity index (χ1n) is 23.3. The molecule has 1 fully saturated rings. The highest BCUT2D eigenvalue weighted by Crippen LogP contribution is 2.51. The molecule has 3 heterocycles. The zero-order valence-corrected chi connectivity index (χ0v) is 42.9. The van der Waals surface area contributed by atoms with E-state index >= 15 is 0 Å². The lowest BCUT2D eigenvalue weighted by molar-refractivity contribution is -0.144. The molecule has 18 nitrogen and oxygen atoms in total. The second-order valence-electron chi connectivity index (χ2n) is 17.3. The molecule has 1 aliphatic rings. The minimum absolute atomic E-state index is 0.00600. The summed E-state index contributed by atoms with van der Waals surface area (Å²) in [7, 11) is 5.18. The Morgan fingerprint density at radius 1 is 0.901 bits per heavy atom. The van der Waals surface area contributed by atoms with Crippen LogP contribution in [0.3, 0.4) is 0 Å². The van der Waals surface area contributed by atoms with E-state index in [-0.39, 0.29) is 57.0 Å². The van der Waals surface area contributed by atoms with Crippen molar-refractivity contribution >= 4 is 43.7 Å². The normalized spacial score (nSPS) is 16.3. The molecule has 3 aromatic carbocycles.